The van der Waals surface area contributed by atoms with Gasteiger partial charge in [-0.05, 0) is 48.7 Å². The summed E-state index contributed by atoms with van der Waals surface area (Å²) >= 11 is 0. The molecule has 27 heavy (non-hydrogen) atoms. The molecule has 1 aliphatic heterocycles. The second-order valence-electron chi connectivity index (χ2n) is 6.95. The van der Waals surface area contributed by atoms with E-state index in [2.05, 4.69) is 17.0 Å². The molecule has 0 spiro atoms. The lowest BCUT2D eigenvalue weighted by atomic mass is 10.1. The fraction of sp³-hybridized carbons (Fsp3) is 0.409. The molecule has 0 atom stereocenters. The smallest absolute Gasteiger partial charge is 0.254 e. The number of amides is 1. The third-order valence-corrected chi connectivity index (χ3v) is 5.10. The maximum atomic E-state index is 12.9. The molecule has 5 heteroatoms. The number of hydrogen-bond acceptors (Lipinski definition) is 4. The summed E-state index contributed by atoms with van der Waals surface area (Å²) in [5.41, 5.74) is 3.00. The largest absolute Gasteiger partial charge is 0.497 e. The Morgan fingerprint density at radius 1 is 0.963 bits per heavy atom. The molecule has 2 aromatic carbocycles. The summed E-state index contributed by atoms with van der Waals surface area (Å²) in [5, 5.41) is 0. The van der Waals surface area contributed by atoms with Crippen molar-refractivity contribution in [2.45, 2.75) is 19.9 Å². The number of carbonyl (C=O) groups is 1. The van der Waals surface area contributed by atoms with Crippen LogP contribution in [0.5, 0.6) is 11.5 Å². The van der Waals surface area contributed by atoms with Crippen molar-refractivity contribution in [1.82, 2.24) is 9.80 Å². The maximum absolute atomic E-state index is 12.9. The van der Waals surface area contributed by atoms with Crippen LogP contribution in [0.4, 0.5) is 0 Å². The minimum Gasteiger partial charge on any atom is -0.497 e. The predicted molar refractivity (Wildman–Crippen MR) is 107 cm³/mol. The zero-order valence-electron chi connectivity index (χ0n) is 16.4. The summed E-state index contributed by atoms with van der Waals surface area (Å²) in [6.45, 7) is 6.27. The normalized spacial score (nSPS) is 15.3. The van der Waals surface area contributed by atoms with Crippen molar-refractivity contribution in [3.63, 3.8) is 0 Å². The number of rotatable bonds is 5. The molecule has 0 radical (unpaired) electrons. The van der Waals surface area contributed by atoms with Gasteiger partial charge in [-0.1, -0.05) is 18.2 Å². The van der Waals surface area contributed by atoms with E-state index in [1.165, 1.54) is 5.56 Å². The molecule has 1 amide bonds. The lowest BCUT2D eigenvalue weighted by molar-refractivity contribution is 0.0760. The second-order valence-corrected chi connectivity index (χ2v) is 6.95. The first-order chi connectivity index (χ1) is 13.1. The summed E-state index contributed by atoms with van der Waals surface area (Å²) < 4.78 is 10.6. The van der Waals surface area contributed by atoms with Gasteiger partial charge in [-0.2, -0.15) is 0 Å². The van der Waals surface area contributed by atoms with Crippen molar-refractivity contribution in [3.05, 3.63) is 59.2 Å². The van der Waals surface area contributed by atoms with Crippen molar-refractivity contribution < 1.29 is 14.3 Å². The van der Waals surface area contributed by atoms with Crippen LogP contribution in [0.2, 0.25) is 0 Å². The quantitative estimate of drug-likeness (QED) is 0.812. The van der Waals surface area contributed by atoms with Crippen molar-refractivity contribution in [2.75, 3.05) is 40.4 Å². The molecule has 0 aliphatic carbocycles. The second kappa shape index (κ2) is 8.91. The zero-order chi connectivity index (χ0) is 19.2. The van der Waals surface area contributed by atoms with Crippen LogP contribution >= 0.6 is 0 Å². The average Bonchev–Trinajstić information content (AvgIpc) is 2.94. The Hall–Kier alpha value is -2.53. The van der Waals surface area contributed by atoms with E-state index < -0.39 is 0 Å². The number of benzene rings is 2. The molecule has 5 nitrogen and oxygen atoms in total. The van der Waals surface area contributed by atoms with Gasteiger partial charge in [0.25, 0.3) is 5.91 Å². The number of nitrogens with zero attached hydrogens (tertiary/aromatic N) is 2. The van der Waals surface area contributed by atoms with Gasteiger partial charge >= 0.3 is 0 Å². The highest BCUT2D eigenvalue weighted by molar-refractivity contribution is 5.94. The Bertz CT molecular complexity index is 774. The molecule has 3 rings (SSSR count). The molecule has 1 fully saturated rings. The van der Waals surface area contributed by atoms with Crippen LogP contribution in [0.1, 0.15) is 27.9 Å². The lowest BCUT2D eigenvalue weighted by Gasteiger charge is -2.22. The third-order valence-electron chi connectivity index (χ3n) is 5.10. The molecule has 0 N–H and O–H groups in total. The van der Waals surface area contributed by atoms with Crippen LogP contribution in [-0.2, 0) is 6.54 Å². The van der Waals surface area contributed by atoms with Gasteiger partial charge in [-0.3, -0.25) is 9.69 Å². The maximum Gasteiger partial charge on any atom is 0.254 e. The van der Waals surface area contributed by atoms with Crippen molar-refractivity contribution >= 4 is 5.91 Å². The summed E-state index contributed by atoms with van der Waals surface area (Å²) in [6, 6.07) is 13.9. The summed E-state index contributed by atoms with van der Waals surface area (Å²) in [5.74, 6) is 1.72. The van der Waals surface area contributed by atoms with Gasteiger partial charge in [0.2, 0.25) is 0 Å². The molecule has 1 aliphatic rings. The summed E-state index contributed by atoms with van der Waals surface area (Å²) in [6.07, 6.45) is 0.977. The first-order valence-corrected chi connectivity index (χ1v) is 9.40. The van der Waals surface area contributed by atoms with E-state index in [1.807, 2.05) is 42.2 Å². The van der Waals surface area contributed by atoms with E-state index in [0.717, 1.165) is 56.2 Å². The fourth-order valence-electron chi connectivity index (χ4n) is 3.46. The lowest BCUT2D eigenvalue weighted by Crippen LogP contribution is -2.35. The molecule has 0 saturated carbocycles. The average molecular weight is 368 g/mol. The van der Waals surface area contributed by atoms with Gasteiger partial charge in [0.1, 0.15) is 11.5 Å². The molecule has 0 aromatic heterocycles. The van der Waals surface area contributed by atoms with Crippen molar-refractivity contribution in [2.24, 2.45) is 0 Å². The molecular formula is C22H28N2O3. The topological polar surface area (TPSA) is 42.0 Å². The Balaban J connectivity index is 1.61. The minimum atomic E-state index is 0.0830. The standard InChI is InChI=1S/C22H28N2O3/c1-17-5-8-19(15-21(17)27-3)22(25)24-12-4-11-23(13-14-24)16-18-6-9-20(26-2)10-7-18/h5-10,15H,4,11-14,16H2,1-3H3. The molecule has 0 unspecified atom stereocenters. The Kier molecular flexibility index (Phi) is 6.35. The molecule has 1 heterocycles. The highest BCUT2D eigenvalue weighted by atomic mass is 16.5. The highest BCUT2D eigenvalue weighted by Gasteiger charge is 2.21. The Morgan fingerprint density at radius 3 is 2.44 bits per heavy atom. The van der Waals surface area contributed by atoms with Gasteiger partial charge in [-0.15, -0.1) is 0 Å². The summed E-state index contributed by atoms with van der Waals surface area (Å²) in [7, 11) is 3.32. The van der Waals surface area contributed by atoms with Gasteiger partial charge in [0.15, 0.2) is 0 Å². The van der Waals surface area contributed by atoms with E-state index >= 15 is 0 Å². The number of hydrogen-bond donors (Lipinski definition) is 0. The highest BCUT2D eigenvalue weighted by Crippen LogP contribution is 2.21. The number of aryl methyl sites for hydroxylation is 1. The molecule has 2 aromatic rings. The molecular weight excluding hydrogens is 340 g/mol. The van der Waals surface area contributed by atoms with Crippen LogP contribution in [0.3, 0.4) is 0 Å². The van der Waals surface area contributed by atoms with E-state index in [-0.39, 0.29) is 5.91 Å². The van der Waals surface area contributed by atoms with Crippen molar-refractivity contribution in [3.8, 4) is 11.5 Å². The van der Waals surface area contributed by atoms with E-state index in [1.54, 1.807) is 14.2 Å². The predicted octanol–water partition coefficient (Wildman–Crippen LogP) is 3.36. The Morgan fingerprint density at radius 2 is 1.74 bits per heavy atom. The van der Waals surface area contributed by atoms with E-state index in [0.29, 0.717) is 5.56 Å². The summed E-state index contributed by atoms with van der Waals surface area (Å²) in [4.78, 5) is 17.3. The van der Waals surface area contributed by atoms with Gasteiger partial charge in [0, 0.05) is 38.3 Å². The zero-order valence-corrected chi connectivity index (χ0v) is 16.4. The Labute approximate surface area is 161 Å². The van der Waals surface area contributed by atoms with Crippen LogP contribution in [0, 0.1) is 6.92 Å². The SMILES string of the molecule is COc1ccc(CN2CCCN(C(=O)c3ccc(C)c(OC)c3)CC2)cc1. The van der Waals surface area contributed by atoms with E-state index in [9.17, 15) is 4.79 Å². The van der Waals surface area contributed by atoms with Gasteiger partial charge in [0.05, 0.1) is 14.2 Å². The molecule has 0 bridgehead atoms. The van der Waals surface area contributed by atoms with Crippen molar-refractivity contribution in [1.29, 1.82) is 0 Å². The number of carbonyl (C=O) groups excluding carboxylic acids is 1. The number of ether oxygens (including phenoxy) is 2. The number of methoxy groups -OCH3 is 2. The first kappa shape index (κ1) is 19.2. The van der Waals surface area contributed by atoms with Crippen LogP contribution in [-0.4, -0.2) is 56.1 Å². The monoisotopic (exact) mass is 368 g/mol. The van der Waals surface area contributed by atoms with Gasteiger partial charge < -0.3 is 14.4 Å². The van der Waals surface area contributed by atoms with Gasteiger partial charge in [-0.25, -0.2) is 0 Å². The van der Waals surface area contributed by atoms with Crippen LogP contribution in [0.15, 0.2) is 42.5 Å². The van der Waals surface area contributed by atoms with E-state index in [4.69, 9.17) is 9.47 Å². The molecule has 1 saturated heterocycles. The fourth-order valence-corrected chi connectivity index (χ4v) is 3.46. The van der Waals surface area contributed by atoms with Crippen LogP contribution < -0.4 is 9.47 Å². The van der Waals surface area contributed by atoms with Crippen LogP contribution in [0.25, 0.3) is 0 Å². The first-order valence-electron chi connectivity index (χ1n) is 9.40. The minimum absolute atomic E-state index is 0.0830. The third kappa shape index (κ3) is 4.80. The molecule has 144 valence electrons.